The number of nitrogen functional groups attached to an aromatic ring is 1. The Hall–Kier alpha value is -1.01. The summed E-state index contributed by atoms with van der Waals surface area (Å²) in [5, 5.41) is 4.37. The lowest BCUT2D eigenvalue weighted by molar-refractivity contribution is 0.160. The molecular weight excluding hydrogens is 284 g/mol. The molecule has 1 atom stereocenters. The van der Waals surface area contributed by atoms with Crippen LogP contribution in [0.2, 0.25) is 0 Å². The Bertz CT molecular complexity index is 435. The van der Waals surface area contributed by atoms with E-state index in [4.69, 9.17) is 10.5 Å². The van der Waals surface area contributed by atoms with Crippen molar-refractivity contribution in [1.82, 2.24) is 9.27 Å². The fourth-order valence-corrected chi connectivity index (χ4v) is 3.40. The zero-order chi connectivity index (χ0) is 15.2. The molecule has 1 fully saturated rings. The minimum Gasteiger partial charge on any atom is -0.484 e. The predicted octanol–water partition coefficient (Wildman–Crippen LogP) is 3.19. The van der Waals surface area contributed by atoms with E-state index in [1.807, 2.05) is 13.8 Å². The molecule has 1 aliphatic heterocycles. The Balaban J connectivity index is 1.75. The molecule has 0 aromatic carbocycles. The number of rotatable bonds is 7. The molecule has 3 N–H and O–H groups in total. The molecule has 2 rings (SSSR count). The van der Waals surface area contributed by atoms with Crippen LogP contribution in [0.15, 0.2) is 0 Å². The summed E-state index contributed by atoms with van der Waals surface area (Å²) in [6.07, 6.45) is 5.30. The molecule has 0 aliphatic carbocycles. The predicted molar refractivity (Wildman–Crippen MR) is 90.3 cm³/mol. The lowest BCUT2D eigenvalue weighted by Gasteiger charge is -2.33. The molecule has 1 saturated heterocycles. The van der Waals surface area contributed by atoms with E-state index < -0.39 is 0 Å². The van der Waals surface area contributed by atoms with Crippen LogP contribution in [0.3, 0.4) is 0 Å². The van der Waals surface area contributed by atoms with Crippen molar-refractivity contribution < 1.29 is 4.74 Å². The lowest BCUT2D eigenvalue weighted by Crippen LogP contribution is -2.38. The van der Waals surface area contributed by atoms with Gasteiger partial charge in [0.05, 0.1) is 6.10 Å². The van der Waals surface area contributed by atoms with E-state index in [0.29, 0.717) is 11.6 Å². The van der Waals surface area contributed by atoms with Crippen LogP contribution in [0.25, 0.3) is 0 Å². The van der Waals surface area contributed by atoms with Gasteiger partial charge < -0.3 is 20.7 Å². The molecule has 1 aromatic heterocycles. The zero-order valence-electron chi connectivity index (χ0n) is 13.4. The number of nitrogens with one attached hydrogen (secondary N) is 1. The molecule has 21 heavy (non-hydrogen) atoms. The number of piperidine rings is 1. The third kappa shape index (κ3) is 4.74. The van der Waals surface area contributed by atoms with E-state index in [1.54, 1.807) is 0 Å². The van der Waals surface area contributed by atoms with E-state index in [1.165, 1.54) is 37.3 Å². The molecular formula is C15H28N4OS. The summed E-state index contributed by atoms with van der Waals surface area (Å²) in [5.74, 6) is 1.20. The fourth-order valence-electron chi connectivity index (χ4n) is 2.73. The maximum Gasteiger partial charge on any atom is 0.197 e. The quantitative estimate of drug-likeness (QED) is 0.757. The molecule has 1 aromatic rings. The number of anilines is 2. The minimum absolute atomic E-state index is 0.110. The number of nitrogens with two attached hydrogens (primary N) is 1. The third-order valence-corrected chi connectivity index (χ3v) is 4.68. The Kier molecular flexibility index (Phi) is 6.11. The Labute approximate surface area is 132 Å². The van der Waals surface area contributed by atoms with Crippen molar-refractivity contribution >= 4 is 22.4 Å². The number of hydrogen-bond acceptors (Lipinski definition) is 6. The summed E-state index contributed by atoms with van der Waals surface area (Å²) in [5.41, 5.74) is 5.86. The fraction of sp³-hybridized carbons (Fsp3) is 0.800. The highest BCUT2D eigenvalue weighted by Crippen LogP contribution is 2.35. The van der Waals surface area contributed by atoms with Crippen LogP contribution in [0.4, 0.5) is 10.8 Å². The van der Waals surface area contributed by atoms with Gasteiger partial charge in [0.1, 0.15) is 0 Å². The van der Waals surface area contributed by atoms with E-state index >= 15 is 0 Å². The van der Waals surface area contributed by atoms with Crippen LogP contribution in [-0.2, 0) is 0 Å². The van der Waals surface area contributed by atoms with E-state index in [-0.39, 0.29) is 6.10 Å². The zero-order valence-corrected chi connectivity index (χ0v) is 14.2. The van der Waals surface area contributed by atoms with Crippen molar-refractivity contribution in [3.05, 3.63) is 0 Å². The van der Waals surface area contributed by atoms with Gasteiger partial charge in [0, 0.05) is 19.1 Å². The van der Waals surface area contributed by atoms with Gasteiger partial charge in [-0.15, -0.1) is 0 Å². The first-order valence-electron chi connectivity index (χ1n) is 7.97. The number of aromatic nitrogens is 1. The van der Waals surface area contributed by atoms with Gasteiger partial charge in [-0.3, -0.25) is 0 Å². The summed E-state index contributed by atoms with van der Waals surface area (Å²) in [4.78, 5) is 2.59. The first kappa shape index (κ1) is 16.4. The molecule has 120 valence electrons. The van der Waals surface area contributed by atoms with Crippen LogP contribution < -0.4 is 15.8 Å². The second kappa shape index (κ2) is 7.84. The Morgan fingerprint density at radius 3 is 3.00 bits per heavy atom. The highest BCUT2D eigenvalue weighted by atomic mass is 32.1. The van der Waals surface area contributed by atoms with Crippen molar-refractivity contribution in [3.63, 3.8) is 0 Å². The largest absolute Gasteiger partial charge is 0.484 e. The molecule has 0 amide bonds. The molecule has 5 nitrogen and oxygen atoms in total. The van der Waals surface area contributed by atoms with Crippen LogP contribution in [0.5, 0.6) is 5.75 Å². The smallest absolute Gasteiger partial charge is 0.197 e. The van der Waals surface area contributed by atoms with Crippen LogP contribution in [0, 0.1) is 0 Å². The summed E-state index contributed by atoms with van der Waals surface area (Å²) in [7, 11) is 0. The maximum atomic E-state index is 5.86. The highest BCUT2D eigenvalue weighted by molar-refractivity contribution is 7.11. The van der Waals surface area contributed by atoms with Gasteiger partial charge in [0.25, 0.3) is 0 Å². The molecule has 0 saturated carbocycles. The van der Waals surface area contributed by atoms with Gasteiger partial charge in [-0.2, -0.15) is 4.37 Å². The van der Waals surface area contributed by atoms with Crippen LogP contribution >= 0.6 is 11.5 Å². The highest BCUT2D eigenvalue weighted by Gasteiger charge is 2.18. The molecule has 0 bridgehead atoms. The number of likely N-dealkylation sites (tertiary alicyclic amines) is 1. The number of nitrogens with zero attached hydrogens (tertiary/aromatic N) is 2. The SMILES string of the molecule is CC(C)Oc1c(N)nsc1NCCCN1CCCCC1C. The summed E-state index contributed by atoms with van der Waals surface area (Å²) in [6, 6.07) is 0.734. The second-order valence-electron chi connectivity index (χ2n) is 6.05. The van der Waals surface area contributed by atoms with Gasteiger partial charge in [-0.1, -0.05) is 6.42 Å². The minimum atomic E-state index is 0.110. The third-order valence-electron chi connectivity index (χ3n) is 3.88. The Morgan fingerprint density at radius 2 is 2.29 bits per heavy atom. The van der Waals surface area contributed by atoms with Crippen molar-refractivity contribution in [2.45, 2.75) is 58.6 Å². The van der Waals surface area contributed by atoms with E-state index in [0.717, 1.165) is 30.6 Å². The molecule has 2 heterocycles. The van der Waals surface area contributed by atoms with Gasteiger partial charge in [0.2, 0.25) is 0 Å². The average molecular weight is 312 g/mol. The number of ether oxygens (including phenoxy) is 1. The van der Waals surface area contributed by atoms with Crippen molar-refractivity contribution in [2.75, 3.05) is 30.7 Å². The molecule has 6 heteroatoms. The standard InChI is InChI=1S/C15H28N4OS/c1-11(2)20-13-14(16)18-21-15(13)17-8-6-10-19-9-5-4-7-12(19)3/h11-12,17H,4-10H2,1-3H3,(H2,16,18). The molecule has 1 aliphatic rings. The van der Waals surface area contributed by atoms with Crippen molar-refractivity contribution in [1.29, 1.82) is 0 Å². The van der Waals surface area contributed by atoms with Gasteiger partial charge in [-0.05, 0) is 58.1 Å². The van der Waals surface area contributed by atoms with Gasteiger partial charge in [0.15, 0.2) is 16.6 Å². The van der Waals surface area contributed by atoms with Gasteiger partial charge >= 0.3 is 0 Å². The summed E-state index contributed by atoms with van der Waals surface area (Å²) < 4.78 is 9.90. The maximum absolute atomic E-state index is 5.86. The summed E-state index contributed by atoms with van der Waals surface area (Å²) in [6.45, 7) is 9.67. The number of hydrogen-bond donors (Lipinski definition) is 2. The van der Waals surface area contributed by atoms with E-state index in [2.05, 4.69) is 21.5 Å². The van der Waals surface area contributed by atoms with Crippen molar-refractivity contribution in [3.8, 4) is 5.75 Å². The topological polar surface area (TPSA) is 63.4 Å². The Morgan fingerprint density at radius 1 is 1.48 bits per heavy atom. The molecule has 1 unspecified atom stereocenters. The first-order chi connectivity index (χ1) is 10.1. The van der Waals surface area contributed by atoms with Crippen molar-refractivity contribution in [2.24, 2.45) is 0 Å². The monoisotopic (exact) mass is 312 g/mol. The first-order valence-corrected chi connectivity index (χ1v) is 8.75. The molecule has 0 radical (unpaired) electrons. The average Bonchev–Trinajstić information content (AvgIpc) is 2.77. The van der Waals surface area contributed by atoms with E-state index in [9.17, 15) is 0 Å². The lowest BCUT2D eigenvalue weighted by atomic mass is 10.0. The van der Waals surface area contributed by atoms with Gasteiger partial charge in [-0.25, -0.2) is 0 Å². The normalized spacial score (nSPS) is 19.9. The molecule has 0 spiro atoms. The summed E-state index contributed by atoms with van der Waals surface area (Å²) >= 11 is 1.38. The van der Waals surface area contributed by atoms with Crippen LogP contribution in [0.1, 0.15) is 46.5 Å². The van der Waals surface area contributed by atoms with Crippen LogP contribution in [-0.4, -0.2) is 41.1 Å². The second-order valence-corrected chi connectivity index (χ2v) is 6.83.